The Hall–Kier alpha value is -2.17. The van der Waals surface area contributed by atoms with Gasteiger partial charge < -0.3 is 10.6 Å². The van der Waals surface area contributed by atoms with Crippen molar-refractivity contribution >= 4 is 11.6 Å². The highest BCUT2D eigenvalue weighted by atomic mass is 15.1. The zero-order chi connectivity index (χ0) is 12.8. The van der Waals surface area contributed by atoms with Crippen LogP contribution in [-0.4, -0.2) is 21.5 Å². The van der Waals surface area contributed by atoms with Crippen molar-refractivity contribution in [2.75, 3.05) is 17.2 Å². The zero-order valence-corrected chi connectivity index (χ0v) is 10.6. The fourth-order valence-electron chi connectivity index (χ4n) is 1.60. The lowest BCUT2D eigenvalue weighted by atomic mass is 10.1. The number of aryl methyl sites for hydroxylation is 1. The van der Waals surface area contributed by atoms with E-state index in [-0.39, 0.29) is 0 Å². The molecular weight excluding hydrogens is 226 g/mol. The molecule has 0 aromatic carbocycles. The van der Waals surface area contributed by atoms with Gasteiger partial charge in [-0.2, -0.15) is 0 Å². The first-order valence-electron chi connectivity index (χ1n) is 5.99. The van der Waals surface area contributed by atoms with Crippen LogP contribution < -0.4 is 10.6 Å². The largest absolute Gasteiger partial charge is 0.369 e. The zero-order valence-electron chi connectivity index (χ0n) is 10.6. The van der Waals surface area contributed by atoms with Crippen LogP contribution >= 0.6 is 0 Å². The Morgan fingerprint density at radius 3 is 2.56 bits per heavy atom. The second-order valence-electron chi connectivity index (χ2n) is 3.98. The van der Waals surface area contributed by atoms with Crippen molar-refractivity contribution in [3.63, 3.8) is 0 Å². The molecule has 2 aromatic heterocycles. The standard InChI is InChI=1S/C13H17N5/c1-3-16-12-8-15-9-13(18-12)17-7-11-4-5-14-6-10(11)2/h4-6,8-9H,3,7H2,1-2H3,(H2,16,17,18). The molecule has 0 radical (unpaired) electrons. The summed E-state index contributed by atoms with van der Waals surface area (Å²) in [7, 11) is 0. The van der Waals surface area contributed by atoms with E-state index in [0.29, 0.717) is 0 Å². The Bertz CT molecular complexity index is 512. The van der Waals surface area contributed by atoms with E-state index in [1.165, 1.54) is 11.1 Å². The summed E-state index contributed by atoms with van der Waals surface area (Å²) in [4.78, 5) is 12.6. The van der Waals surface area contributed by atoms with E-state index in [0.717, 1.165) is 24.7 Å². The highest BCUT2D eigenvalue weighted by Crippen LogP contribution is 2.10. The van der Waals surface area contributed by atoms with E-state index in [2.05, 4.69) is 25.6 Å². The van der Waals surface area contributed by atoms with Gasteiger partial charge in [-0.1, -0.05) is 0 Å². The van der Waals surface area contributed by atoms with E-state index < -0.39 is 0 Å². The van der Waals surface area contributed by atoms with Gasteiger partial charge in [0, 0.05) is 25.5 Å². The third kappa shape index (κ3) is 3.16. The number of rotatable bonds is 5. The van der Waals surface area contributed by atoms with Gasteiger partial charge in [-0.25, -0.2) is 4.98 Å². The fraction of sp³-hybridized carbons (Fsp3) is 0.308. The number of aromatic nitrogens is 3. The van der Waals surface area contributed by atoms with Crippen LogP contribution in [0.25, 0.3) is 0 Å². The van der Waals surface area contributed by atoms with Gasteiger partial charge in [0.2, 0.25) is 0 Å². The van der Waals surface area contributed by atoms with Gasteiger partial charge in [-0.15, -0.1) is 0 Å². The summed E-state index contributed by atoms with van der Waals surface area (Å²) in [5, 5.41) is 6.39. The van der Waals surface area contributed by atoms with E-state index in [1.807, 2.05) is 26.1 Å². The van der Waals surface area contributed by atoms with Crippen LogP contribution in [0.5, 0.6) is 0 Å². The molecule has 0 saturated heterocycles. The number of hydrogen-bond donors (Lipinski definition) is 2. The van der Waals surface area contributed by atoms with Crippen molar-refractivity contribution in [2.45, 2.75) is 20.4 Å². The fourth-order valence-corrected chi connectivity index (χ4v) is 1.60. The first-order chi connectivity index (χ1) is 8.79. The monoisotopic (exact) mass is 243 g/mol. The maximum absolute atomic E-state index is 4.41. The van der Waals surface area contributed by atoms with Crippen molar-refractivity contribution in [3.8, 4) is 0 Å². The molecule has 5 heteroatoms. The highest BCUT2D eigenvalue weighted by molar-refractivity contribution is 5.42. The first-order valence-corrected chi connectivity index (χ1v) is 5.99. The highest BCUT2D eigenvalue weighted by Gasteiger charge is 2.00. The summed E-state index contributed by atoms with van der Waals surface area (Å²) in [5.74, 6) is 1.55. The molecule has 0 spiro atoms. The van der Waals surface area contributed by atoms with Crippen LogP contribution in [0.1, 0.15) is 18.1 Å². The molecule has 0 fully saturated rings. The Morgan fingerprint density at radius 2 is 1.83 bits per heavy atom. The third-order valence-electron chi connectivity index (χ3n) is 2.59. The molecule has 0 aliphatic heterocycles. The molecule has 18 heavy (non-hydrogen) atoms. The molecule has 0 aliphatic rings. The molecule has 2 N–H and O–H groups in total. The molecule has 2 heterocycles. The summed E-state index contributed by atoms with van der Waals surface area (Å²) >= 11 is 0. The molecule has 0 unspecified atom stereocenters. The summed E-state index contributed by atoms with van der Waals surface area (Å²) < 4.78 is 0. The minimum atomic E-state index is 0.721. The summed E-state index contributed by atoms with van der Waals surface area (Å²) in [5.41, 5.74) is 2.38. The molecule has 0 aliphatic carbocycles. The van der Waals surface area contributed by atoms with Gasteiger partial charge in [0.15, 0.2) is 0 Å². The summed E-state index contributed by atoms with van der Waals surface area (Å²) in [6.07, 6.45) is 7.09. The molecule has 2 aromatic rings. The van der Waals surface area contributed by atoms with Gasteiger partial charge in [0.1, 0.15) is 11.6 Å². The third-order valence-corrected chi connectivity index (χ3v) is 2.59. The van der Waals surface area contributed by atoms with Crippen molar-refractivity contribution in [1.82, 2.24) is 15.0 Å². The van der Waals surface area contributed by atoms with Gasteiger partial charge in [-0.3, -0.25) is 9.97 Å². The van der Waals surface area contributed by atoms with Crippen LogP contribution in [0.3, 0.4) is 0 Å². The SMILES string of the molecule is CCNc1cncc(NCc2ccncc2C)n1. The maximum atomic E-state index is 4.41. The Balaban J connectivity index is 2.02. The van der Waals surface area contributed by atoms with Crippen LogP contribution in [0, 0.1) is 6.92 Å². The smallest absolute Gasteiger partial charge is 0.147 e. The van der Waals surface area contributed by atoms with E-state index in [1.54, 1.807) is 18.6 Å². The molecule has 0 bridgehead atoms. The van der Waals surface area contributed by atoms with E-state index >= 15 is 0 Å². The molecule has 0 atom stereocenters. The quantitative estimate of drug-likeness (QED) is 0.843. The molecule has 2 rings (SSSR count). The topological polar surface area (TPSA) is 62.7 Å². The van der Waals surface area contributed by atoms with Crippen LogP contribution in [-0.2, 0) is 6.54 Å². The molecular formula is C13H17N5. The number of anilines is 2. The van der Waals surface area contributed by atoms with Gasteiger partial charge in [0.25, 0.3) is 0 Å². The molecule has 94 valence electrons. The number of nitrogens with zero attached hydrogens (tertiary/aromatic N) is 3. The van der Waals surface area contributed by atoms with Crippen LogP contribution in [0.15, 0.2) is 30.9 Å². The number of hydrogen-bond acceptors (Lipinski definition) is 5. The lowest BCUT2D eigenvalue weighted by Crippen LogP contribution is -2.06. The maximum Gasteiger partial charge on any atom is 0.147 e. The van der Waals surface area contributed by atoms with Gasteiger partial charge in [-0.05, 0) is 31.0 Å². The molecule has 5 nitrogen and oxygen atoms in total. The van der Waals surface area contributed by atoms with Crippen molar-refractivity contribution in [2.24, 2.45) is 0 Å². The summed E-state index contributed by atoms with van der Waals surface area (Å²) in [6, 6.07) is 2.00. The average Bonchev–Trinajstić information content (AvgIpc) is 2.39. The summed E-state index contributed by atoms with van der Waals surface area (Å²) in [6.45, 7) is 5.63. The van der Waals surface area contributed by atoms with Crippen molar-refractivity contribution < 1.29 is 0 Å². The predicted molar refractivity (Wildman–Crippen MR) is 72.5 cm³/mol. The normalized spacial score (nSPS) is 10.1. The van der Waals surface area contributed by atoms with Crippen LogP contribution in [0.2, 0.25) is 0 Å². The minimum absolute atomic E-state index is 0.721. The minimum Gasteiger partial charge on any atom is -0.369 e. The number of pyridine rings is 1. The Morgan fingerprint density at radius 1 is 1.06 bits per heavy atom. The predicted octanol–water partition coefficient (Wildman–Crippen LogP) is 2.22. The van der Waals surface area contributed by atoms with Gasteiger partial charge >= 0.3 is 0 Å². The molecule has 0 amide bonds. The van der Waals surface area contributed by atoms with Crippen molar-refractivity contribution in [3.05, 3.63) is 42.0 Å². The number of nitrogens with one attached hydrogen (secondary N) is 2. The first kappa shape index (κ1) is 12.3. The average molecular weight is 243 g/mol. The lowest BCUT2D eigenvalue weighted by molar-refractivity contribution is 1.05. The second kappa shape index (κ2) is 5.95. The van der Waals surface area contributed by atoms with Crippen LogP contribution in [0.4, 0.5) is 11.6 Å². The van der Waals surface area contributed by atoms with E-state index in [9.17, 15) is 0 Å². The van der Waals surface area contributed by atoms with E-state index in [4.69, 9.17) is 0 Å². The van der Waals surface area contributed by atoms with Gasteiger partial charge in [0.05, 0.1) is 12.4 Å². The Kier molecular flexibility index (Phi) is 4.06. The Labute approximate surface area is 107 Å². The lowest BCUT2D eigenvalue weighted by Gasteiger charge is -2.09. The second-order valence-corrected chi connectivity index (χ2v) is 3.98. The molecule has 0 saturated carbocycles. The van der Waals surface area contributed by atoms with Crippen molar-refractivity contribution in [1.29, 1.82) is 0 Å².